The topological polar surface area (TPSA) is 26.3 Å². The summed E-state index contributed by atoms with van der Waals surface area (Å²) in [6.07, 6.45) is 9.84. The monoisotopic (exact) mass is 208 g/mol. The van der Waals surface area contributed by atoms with Crippen LogP contribution in [0.15, 0.2) is 0 Å². The number of hydrogen-bond donors (Lipinski definition) is 0. The zero-order valence-corrected chi connectivity index (χ0v) is 9.28. The largest absolute Gasteiger partial charge is 0.367 e. The van der Waals surface area contributed by atoms with Crippen molar-refractivity contribution in [1.82, 2.24) is 0 Å². The van der Waals surface area contributed by atoms with Gasteiger partial charge in [0.05, 0.1) is 6.10 Å². The first-order valence-corrected chi connectivity index (χ1v) is 6.54. The summed E-state index contributed by atoms with van der Waals surface area (Å²) in [6.45, 7) is 0. The van der Waals surface area contributed by atoms with E-state index in [1.54, 1.807) is 0 Å². The lowest BCUT2D eigenvalue weighted by Gasteiger charge is -2.27. The molecule has 1 aliphatic carbocycles. The number of ether oxygens (including phenoxy) is 1. The predicted octanol–water partition coefficient (Wildman–Crippen LogP) is 2.70. The lowest BCUT2D eigenvalue weighted by molar-refractivity contribution is -0.132. The van der Waals surface area contributed by atoms with Gasteiger partial charge in [0.1, 0.15) is 6.10 Å². The fraction of sp³-hybridized carbons (Fsp3) is 0.923. The maximum Gasteiger partial charge on any atom is 0.161 e. The average molecular weight is 208 g/mol. The zero-order chi connectivity index (χ0) is 10.3. The van der Waals surface area contributed by atoms with E-state index in [-0.39, 0.29) is 6.10 Å². The Bertz CT molecular complexity index is 261. The van der Waals surface area contributed by atoms with Crippen molar-refractivity contribution in [2.45, 2.75) is 63.6 Å². The van der Waals surface area contributed by atoms with E-state index in [4.69, 9.17) is 4.74 Å². The van der Waals surface area contributed by atoms with Gasteiger partial charge in [-0.05, 0) is 37.5 Å². The first-order chi connectivity index (χ1) is 7.36. The van der Waals surface area contributed by atoms with Crippen LogP contribution in [0.3, 0.4) is 0 Å². The fourth-order valence-corrected chi connectivity index (χ4v) is 3.80. The summed E-state index contributed by atoms with van der Waals surface area (Å²) in [5.74, 6) is 1.69. The molecule has 3 rings (SSSR count). The Morgan fingerprint density at radius 2 is 1.67 bits per heavy atom. The first-order valence-electron chi connectivity index (χ1n) is 6.54. The van der Waals surface area contributed by atoms with Crippen molar-refractivity contribution >= 4 is 5.78 Å². The lowest BCUT2D eigenvalue weighted by atomic mass is 9.75. The highest BCUT2D eigenvalue weighted by atomic mass is 16.5. The van der Waals surface area contributed by atoms with E-state index in [1.807, 2.05) is 0 Å². The molecule has 3 fully saturated rings. The molecule has 0 aromatic rings. The molecule has 2 heteroatoms. The fourth-order valence-electron chi connectivity index (χ4n) is 3.80. The van der Waals surface area contributed by atoms with Crippen molar-refractivity contribution in [1.29, 1.82) is 0 Å². The molecular weight excluding hydrogens is 188 g/mol. The van der Waals surface area contributed by atoms with Crippen LogP contribution in [0.2, 0.25) is 0 Å². The average Bonchev–Trinajstić information content (AvgIpc) is 2.63. The van der Waals surface area contributed by atoms with Crippen molar-refractivity contribution in [2.75, 3.05) is 0 Å². The molecule has 2 aliphatic heterocycles. The van der Waals surface area contributed by atoms with Crippen LogP contribution < -0.4 is 0 Å². The van der Waals surface area contributed by atoms with E-state index in [2.05, 4.69) is 0 Å². The number of hydrogen-bond acceptors (Lipinski definition) is 2. The third kappa shape index (κ3) is 1.63. The molecule has 4 unspecified atom stereocenters. The molecular formula is C13H20O2. The molecule has 3 aliphatic rings. The Labute approximate surface area is 91.4 Å². The second-order valence-corrected chi connectivity index (χ2v) is 5.42. The van der Waals surface area contributed by atoms with Crippen LogP contribution in [-0.2, 0) is 9.53 Å². The number of fused-ring (bicyclic) bond motifs is 5. The second-order valence-electron chi connectivity index (χ2n) is 5.42. The van der Waals surface area contributed by atoms with Crippen molar-refractivity contribution in [3.63, 3.8) is 0 Å². The van der Waals surface area contributed by atoms with Crippen LogP contribution in [0.5, 0.6) is 0 Å². The van der Waals surface area contributed by atoms with Crippen molar-refractivity contribution in [3.8, 4) is 0 Å². The highest BCUT2D eigenvalue weighted by Crippen LogP contribution is 2.45. The van der Waals surface area contributed by atoms with Crippen LogP contribution in [0.4, 0.5) is 0 Å². The molecule has 2 bridgehead atoms. The number of rotatable bonds is 0. The summed E-state index contributed by atoms with van der Waals surface area (Å²) in [4.78, 5) is 12.0. The van der Waals surface area contributed by atoms with Gasteiger partial charge in [0, 0.05) is 6.42 Å². The summed E-state index contributed by atoms with van der Waals surface area (Å²) < 4.78 is 6.01. The molecule has 15 heavy (non-hydrogen) atoms. The second kappa shape index (κ2) is 3.89. The van der Waals surface area contributed by atoms with Gasteiger partial charge in [-0.3, -0.25) is 4.79 Å². The molecule has 2 heterocycles. The number of ketones is 1. The highest BCUT2D eigenvalue weighted by Gasteiger charge is 2.47. The van der Waals surface area contributed by atoms with Crippen LogP contribution >= 0.6 is 0 Å². The van der Waals surface area contributed by atoms with Crippen molar-refractivity contribution < 1.29 is 9.53 Å². The molecule has 84 valence electrons. The van der Waals surface area contributed by atoms with Crippen LogP contribution in [0.1, 0.15) is 51.4 Å². The van der Waals surface area contributed by atoms with Crippen molar-refractivity contribution in [3.05, 3.63) is 0 Å². The van der Waals surface area contributed by atoms with E-state index in [1.165, 1.54) is 38.5 Å². The van der Waals surface area contributed by atoms with Gasteiger partial charge in [-0.15, -0.1) is 0 Å². The minimum absolute atomic E-state index is 0.0133. The molecule has 2 nitrogen and oxygen atoms in total. The summed E-state index contributed by atoms with van der Waals surface area (Å²) in [7, 11) is 0. The van der Waals surface area contributed by atoms with Crippen molar-refractivity contribution in [2.24, 2.45) is 11.8 Å². The van der Waals surface area contributed by atoms with Crippen LogP contribution in [-0.4, -0.2) is 18.0 Å². The summed E-state index contributed by atoms with van der Waals surface area (Å²) in [5.41, 5.74) is 0. The van der Waals surface area contributed by atoms with Gasteiger partial charge < -0.3 is 4.74 Å². The maximum absolute atomic E-state index is 12.0. The first kappa shape index (κ1) is 9.83. The van der Waals surface area contributed by atoms with E-state index >= 15 is 0 Å². The molecule has 1 saturated carbocycles. The lowest BCUT2D eigenvalue weighted by Crippen LogP contribution is -2.30. The third-order valence-corrected chi connectivity index (χ3v) is 4.54. The minimum Gasteiger partial charge on any atom is -0.367 e. The highest BCUT2D eigenvalue weighted by molar-refractivity contribution is 5.83. The van der Waals surface area contributed by atoms with Gasteiger partial charge in [-0.25, -0.2) is 0 Å². The molecule has 2 saturated heterocycles. The Hall–Kier alpha value is -0.370. The third-order valence-electron chi connectivity index (χ3n) is 4.54. The number of carbonyl (C=O) groups is 1. The Morgan fingerprint density at radius 3 is 2.53 bits per heavy atom. The molecule has 4 atom stereocenters. The van der Waals surface area contributed by atoms with E-state index < -0.39 is 0 Å². The molecule has 0 aromatic carbocycles. The number of carbonyl (C=O) groups excluding carboxylic acids is 1. The SMILES string of the molecule is O=C1CCCCC2OC1C1CCCCC21. The molecule has 0 aromatic heterocycles. The van der Waals surface area contributed by atoms with Gasteiger partial charge in [-0.2, -0.15) is 0 Å². The Morgan fingerprint density at radius 1 is 0.933 bits per heavy atom. The summed E-state index contributed by atoms with van der Waals surface area (Å²) in [6, 6.07) is 0. The van der Waals surface area contributed by atoms with E-state index in [0.717, 1.165) is 12.8 Å². The zero-order valence-electron chi connectivity index (χ0n) is 9.28. The molecule has 0 N–H and O–H groups in total. The van der Waals surface area contributed by atoms with Gasteiger partial charge in [0.15, 0.2) is 5.78 Å². The van der Waals surface area contributed by atoms with E-state index in [9.17, 15) is 4.79 Å². The van der Waals surface area contributed by atoms with Gasteiger partial charge in [0.25, 0.3) is 0 Å². The minimum atomic E-state index is -0.0133. The van der Waals surface area contributed by atoms with Crippen LogP contribution in [0, 0.1) is 11.8 Å². The van der Waals surface area contributed by atoms with Gasteiger partial charge in [0.2, 0.25) is 0 Å². The van der Waals surface area contributed by atoms with Crippen LogP contribution in [0.25, 0.3) is 0 Å². The normalized spacial score (nSPS) is 45.7. The smallest absolute Gasteiger partial charge is 0.161 e. The molecule has 0 spiro atoms. The quantitative estimate of drug-likeness (QED) is 0.612. The Balaban J connectivity index is 1.84. The number of Topliss-reactive ketones (excluding diaryl/α,β-unsaturated/α-hetero) is 1. The summed E-state index contributed by atoms with van der Waals surface area (Å²) in [5, 5.41) is 0. The molecule has 0 radical (unpaired) electrons. The maximum atomic E-state index is 12.0. The van der Waals surface area contributed by atoms with Gasteiger partial charge >= 0.3 is 0 Å². The Kier molecular flexibility index (Phi) is 2.55. The standard InChI is InChI=1S/C13H20O2/c14-11-7-3-4-8-12-9-5-1-2-6-10(9)13(11)15-12/h9-10,12-13H,1-8H2. The van der Waals surface area contributed by atoms with E-state index in [0.29, 0.717) is 23.7 Å². The predicted molar refractivity (Wildman–Crippen MR) is 57.6 cm³/mol. The molecule has 0 amide bonds. The van der Waals surface area contributed by atoms with Gasteiger partial charge in [-0.1, -0.05) is 19.3 Å². The summed E-state index contributed by atoms with van der Waals surface area (Å²) >= 11 is 0.